The van der Waals surface area contributed by atoms with Crippen molar-refractivity contribution in [3.8, 4) is 23.7 Å². The van der Waals surface area contributed by atoms with E-state index in [1.807, 2.05) is 0 Å². The van der Waals surface area contributed by atoms with Crippen LogP contribution in [0.3, 0.4) is 0 Å². The maximum absolute atomic E-state index is 6.72. The predicted octanol–water partition coefficient (Wildman–Crippen LogP) is 19.5. The maximum Gasteiger partial charge on any atom is 0.0944 e. The third kappa shape index (κ3) is 12.7. The van der Waals surface area contributed by atoms with Crippen molar-refractivity contribution < 1.29 is 0 Å². The van der Waals surface area contributed by atoms with Gasteiger partial charge in [0, 0.05) is 11.1 Å². The van der Waals surface area contributed by atoms with E-state index in [-0.39, 0.29) is 0 Å². The molecule has 4 heteroatoms. The lowest BCUT2D eigenvalue weighted by molar-refractivity contribution is 0.556. The lowest BCUT2D eigenvalue weighted by Gasteiger charge is -2.14. The Morgan fingerprint density at radius 2 is 0.661 bits per heavy atom. The molecule has 0 amide bonds. The number of aryl methyl sites for hydroxylation is 2. The molecule has 7 rings (SSSR count). The second-order valence-corrected chi connectivity index (χ2v) is 20.8. The summed E-state index contributed by atoms with van der Waals surface area (Å²) in [6.45, 7) is 4.58. The highest BCUT2D eigenvalue weighted by Crippen LogP contribution is 2.38. The van der Waals surface area contributed by atoms with Crippen LogP contribution in [0.4, 0.5) is 0 Å². The summed E-state index contributed by atoms with van der Waals surface area (Å²) in [7, 11) is 0. The first-order valence-electron chi connectivity index (χ1n) is 23.9. The van der Waals surface area contributed by atoms with Gasteiger partial charge in [-0.05, 0) is 116 Å². The van der Waals surface area contributed by atoms with E-state index in [1.165, 1.54) is 161 Å². The quantitative estimate of drug-likeness (QED) is 0.0361. The lowest BCUT2D eigenvalue weighted by atomic mass is 9.88. The minimum atomic E-state index is 0.815. The van der Waals surface area contributed by atoms with Gasteiger partial charge < -0.3 is 0 Å². The van der Waals surface area contributed by atoms with E-state index in [4.69, 9.17) is 23.2 Å². The van der Waals surface area contributed by atoms with Crippen molar-refractivity contribution >= 4 is 89.0 Å². The summed E-state index contributed by atoms with van der Waals surface area (Å²) < 4.78 is 1.63. The van der Waals surface area contributed by atoms with Gasteiger partial charge in [0.2, 0.25) is 0 Å². The van der Waals surface area contributed by atoms with Crippen molar-refractivity contribution in [1.82, 2.24) is 0 Å². The molecule has 0 saturated carbocycles. The Morgan fingerprint density at radius 3 is 0.968 bits per heavy atom. The average molecular weight is 896 g/mol. The van der Waals surface area contributed by atoms with E-state index in [2.05, 4.69) is 122 Å². The number of fused-ring (bicyclic) bond motifs is 4. The van der Waals surface area contributed by atoms with E-state index in [9.17, 15) is 0 Å². The zero-order valence-corrected chi connectivity index (χ0v) is 40.4. The number of thiophene rings is 2. The van der Waals surface area contributed by atoms with Crippen LogP contribution in [-0.4, -0.2) is 0 Å². The van der Waals surface area contributed by atoms with Crippen LogP contribution in [0.25, 0.3) is 43.1 Å². The van der Waals surface area contributed by atoms with Gasteiger partial charge in [0.25, 0.3) is 0 Å². The Bertz CT molecular complexity index is 2390. The third-order valence-corrected chi connectivity index (χ3v) is 15.1. The number of halogens is 2. The van der Waals surface area contributed by atoms with Crippen molar-refractivity contribution in [2.75, 3.05) is 0 Å². The van der Waals surface area contributed by atoms with Gasteiger partial charge in [-0.1, -0.05) is 225 Å². The summed E-state index contributed by atoms with van der Waals surface area (Å²) >= 11 is 16.7. The van der Waals surface area contributed by atoms with Gasteiger partial charge in [-0.15, -0.1) is 22.7 Å². The van der Waals surface area contributed by atoms with Crippen LogP contribution in [-0.2, 0) is 12.8 Å². The van der Waals surface area contributed by atoms with Crippen LogP contribution < -0.4 is 0 Å². The number of unbranched alkanes of at least 4 members (excludes halogenated alkanes) is 18. The third-order valence-electron chi connectivity index (χ3n) is 12.6. The first-order chi connectivity index (χ1) is 30.5. The fourth-order valence-corrected chi connectivity index (χ4v) is 11.4. The van der Waals surface area contributed by atoms with Gasteiger partial charge >= 0.3 is 0 Å². The second kappa shape index (κ2) is 24.3. The molecule has 0 nitrogen and oxygen atoms in total. The maximum atomic E-state index is 6.72. The largest absolute Gasteiger partial charge is 0.114 e. The molecule has 62 heavy (non-hydrogen) atoms. The highest BCUT2D eigenvalue weighted by Gasteiger charge is 2.16. The fraction of sp³-hybridized carbons (Fsp3) is 0.414. The monoisotopic (exact) mass is 894 g/mol. The minimum absolute atomic E-state index is 0.815. The molecule has 2 heterocycles. The van der Waals surface area contributed by atoms with Gasteiger partial charge in [-0.2, -0.15) is 0 Å². The number of hydrogen-bond acceptors (Lipinski definition) is 2. The van der Waals surface area contributed by atoms with Gasteiger partial charge in [0.05, 0.1) is 18.4 Å². The average Bonchev–Trinajstić information content (AvgIpc) is 3.83. The Morgan fingerprint density at radius 1 is 0.371 bits per heavy atom. The van der Waals surface area contributed by atoms with E-state index in [0.717, 1.165) is 63.9 Å². The van der Waals surface area contributed by atoms with Crippen molar-refractivity contribution in [3.05, 3.63) is 126 Å². The molecular weight excluding hydrogens is 832 g/mol. The van der Waals surface area contributed by atoms with Gasteiger partial charge in [-0.25, -0.2) is 0 Å². The van der Waals surface area contributed by atoms with Crippen molar-refractivity contribution in [1.29, 1.82) is 0 Å². The number of hydrogen-bond donors (Lipinski definition) is 0. The highest BCUT2D eigenvalue weighted by molar-refractivity contribution is 7.17. The van der Waals surface area contributed by atoms with Crippen LogP contribution in [0, 0.1) is 23.7 Å². The minimum Gasteiger partial charge on any atom is -0.114 e. The van der Waals surface area contributed by atoms with Crippen LogP contribution in [0.2, 0.25) is 8.67 Å². The lowest BCUT2D eigenvalue weighted by Crippen LogP contribution is -1.93. The summed E-state index contributed by atoms with van der Waals surface area (Å²) in [4.78, 5) is 2.17. The summed E-state index contributed by atoms with van der Waals surface area (Å²) in [5.41, 5.74) is 4.66. The molecule has 0 aliphatic rings. The molecule has 7 aromatic rings. The molecule has 0 aliphatic carbocycles. The van der Waals surface area contributed by atoms with Crippen LogP contribution in [0.15, 0.2) is 84.9 Å². The standard InChI is InChI=1S/C58H64Cl2S2/c1-3-5-7-9-11-13-15-17-19-21-31-47-41-57(59)61-55(47)35-33-49-51-37-43-27-23-25-29-45(43)39-53(51)50(54-40-46-30-26-24-28-44(46)38-52(49)54)34-36-56-48(42-58(60)62-56)32-22-20-18-16-14-12-10-8-6-4-2/h23-30,37-42H,3-22,31-32H2,1-2H3. The Balaban J connectivity index is 1.19. The van der Waals surface area contributed by atoms with Gasteiger partial charge in [0.15, 0.2) is 0 Å². The summed E-state index contributed by atoms with van der Waals surface area (Å²) in [5.74, 6) is 14.9. The Labute approximate surface area is 390 Å². The van der Waals surface area contributed by atoms with E-state index >= 15 is 0 Å². The highest BCUT2D eigenvalue weighted by atomic mass is 35.5. The van der Waals surface area contributed by atoms with Crippen LogP contribution in [0.5, 0.6) is 0 Å². The molecule has 0 spiro atoms. The smallest absolute Gasteiger partial charge is 0.0944 e. The zero-order valence-electron chi connectivity index (χ0n) is 37.2. The summed E-state index contributed by atoms with van der Waals surface area (Å²) in [6.07, 6.45) is 28.6. The fourth-order valence-electron chi connectivity index (χ4n) is 9.08. The molecule has 0 unspecified atom stereocenters. The van der Waals surface area contributed by atoms with E-state index in [0.29, 0.717) is 0 Å². The molecule has 5 aromatic carbocycles. The molecule has 0 N–H and O–H groups in total. The van der Waals surface area contributed by atoms with Gasteiger partial charge in [0.1, 0.15) is 0 Å². The Kier molecular flexibility index (Phi) is 18.2. The molecule has 0 bridgehead atoms. The SMILES string of the molecule is CCCCCCCCCCCCc1cc(Cl)sc1C#Cc1c2cc3ccccc3cc2c(C#Cc2sc(Cl)cc2CCCCCCCCCCCC)c2cc3ccccc3cc12. The van der Waals surface area contributed by atoms with Crippen molar-refractivity contribution in [2.45, 2.75) is 155 Å². The molecule has 0 fully saturated rings. The molecule has 0 saturated heterocycles. The van der Waals surface area contributed by atoms with Crippen molar-refractivity contribution in [3.63, 3.8) is 0 Å². The molecular formula is C58H64Cl2S2. The summed E-state index contributed by atoms with van der Waals surface area (Å²) in [5, 5.41) is 9.35. The molecule has 0 aliphatic heterocycles. The van der Waals surface area contributed by atoms with Crippen LogP contribution >= 0.6 is 45.9 Å². The molecule has 2 aromatic heterocycles. The second-order valence-electron chi connectivity index (χ2n) is 17.4. The topological polar surface area (TPSA) is 0 Å². The zero-order chi connectivity index (χ0) is 42.9. The van der Waals surface area contributed by atoms with E-state index in [1.54, 1.807) is 22.7 Å². The van der Waals surface area contributed by atoms with Crippen molar-refractivity contribution in [2.24, 2.45) is 0 Å². The molecule has 0 radical (unpaired) electrons. The molecule has 322 valence electrons. The summed E-state index contributed by atoms with van der Waals surface area (Å²) in [6, 6.07) is 31.0. The van der Waals surface area contributed by atoms with E-state index < -0.39 is 0 Å². The first kappa shape index (κ1) is 46.2. The normalized spacial score (nSPS) is 11.4. The van der Waals surface area contributed by atoms with Crippen LogP contribution in [0.1, 0.15) is 174 Å². The first-order valence-corrected chi connectivity index (χ1v) is 26.3. The predicted molar refractivity (Wildman–Crippen MR) is 278 cm³/mol. The number of benzene rings is 5. The van der Waals surface area contributed by atoms with Gasteiger partial charge in [-0.3, -0.25) is 0 Å². The Hall–Kier alpha value is -3.76. The number of rotatable bonds is 22. The molecule has 0 atom stereocenters.